The molecule has 1 rings (SSSR count). The van der Waals surface area contributed by atoms with Crippen molar-refractivity contribution in [3.63, 3.8) is 0 Å². The Bertz CT molecular complexity index is 205. The monoisotopic (exact) mass is 197 g/mol. The summed E-state index contributed by atoms with van der Waals surface area (Å²) >= 11 is 16.5. The molecule has 0 amide bonds. The lowest BCUT2D eigenvalue weighted by Crippen LogP contribution is -2.17. The van der Waals surface area contributed by atoms with E-state index in [1.165, 1.54) is 12.2 Å². The molecule has 0 aromatic heterocycles. The molecule has 1 nitrogen and oxygen atoms in total. The van der Waals surface area contributed by atoms with Crippen LogP contribution in [0.3, 0.4) is 0 Å². The number of hydrogen-bond donors (Lipinski definition) is 0. The van der Waals surface area contributed by atoms with E-state index in [1.807, 2.05) is 0 Å². The number of halogens is 3. The normalized spacial score (nSPS) is 33.2. The SMILES string of the molecule is [O]C1(Cl)C=C(Cl)C=C(Cl)C1. The summed E-state index contributed by atoms with van der Waals surface area (Å²) in [5.74, 6) is 0. The van der Waals surface area contributed by atoms with Crippen molar-refractivity contribution >= 4 is 34.8 Å². The minimum absolute atomic E-state index is 0.104. The first-order valence-electron chi connectivity index (χ1n) is 2.63. The van der Waals surface area contributed by atoms with Gasteiger partial charge in [0.15, 0.2) is 0 Å². The van der Waals surface area contributed by atoms with E-state index in [0.717, 1.165) is 0 Å². The Morgan fingerprint density at radius 1 is 1.50 bits per heavy atom. The van der Waals surface area contributed by atoms with Gasteiger partial charge < -0.3 is 0 Å². The van der Waals surface area contributed by atoms with Crippen molar-refractivity contribution in [2.45, 2.75) is 11.5 Å². The highest BCUT2D eigenvalue weighted by Crippen LogP contribution is 2.33. The lowest BCUT2D eigenvalue weighted by molar-refractivity contribution is 0.0909. The molecule has 0 saturated carbocycles. The van der Waals surface area contributed by atoms with Gasteiger partial charge >= 0.3 is 0 Å². The summed E-state index contributed by atoms with van der Waals surface area (Å²) in [5, 5.41) is 10.1. The van der Waals surface area contributed by atoms with Crippen LogP contribution >= 0.6 is 34.8 Å². The molecule has 1 radical (unpaired) electrons. The van der Waals surface area contributed by atoms with Crippen LogP contribution in [0.4, 0.5) is 0 Å². The molecule has 55 valence electrons. The molecular formula is C6H4Cl3O. The van der Waals surface area contributed by atoms with Gasteiger partial charge in [-0.15, -0.1) is 0 Å². The van der Waals surface area contributed by atoms with Crippen LogP contribution in [0, 0.1) is 0 Å². The van der Waals surface area contributed by atoms with Crippen LogP contribution in [-0.2, 0) is 5.11 Å². The molecular weight excluding hydrogens is 194 g/mol. The maximum Gasteiger partial charge on any atom is 0.201 e. The van der Waals surface area contributed by atoms with Gasteiger partial charge in [0.25, 0.3) is 0 Å². The molecule has 0 aromatic carbocycles. The van der Waals surface area contributed by atoms with Crippen LogP contribution in [0.5, 0.6) is 0 Å². The Morgan fingerprint density at radius 3 is 2.50 bits per heavy atom. The van der Waals surface area contributed by atoms with Gasteiger partial charge in [-0.3, -0.25) is 0 Å². The summed E-state index contributed by atoms with van der Waals surface area (Å²) < 4.78 is 0. The smallest absolute Gasteiger partial charge is 0.201 e. The predicted molar refractivity (Wildman–Crippen MR) is 41.8 cm³/mol. The van der Waals surface area contributed by atoms with Crippen molar-refractivity contribution in [2.75, 3.05) is 0 Å². The fraction of sp³-hybridized carbons (Fsp3) is 0.333. The average Bonchev–Trinajstić information content (AvgIpc) is 1.54. The molecule has 4 heteroatoms. The van der Waals surface area contributed by atoms with Crippen molar-refractivity contribution < 1.29 is 5.11 Å². The third kappa shape index (κ3) is 2.17. The van der Waals surface area contributed by atoms with Gasteiger partial charge in [-0.2, -0.15) is 0 Å². The summed E-state index contributed by atoms with van der Waals surface area (Å²) in [4.78, 5) is 0. The van der Waals surface area contributed by atoms with Gasteiger partial charge in [0.2, 0.25) is 5.06 Å². The zero-order valence-electron chi connectivity index (χ0n) is 4.90. The molecule has 1 aliphatic rings. The summed E-state index contributed by atoms with van der Waals surface area (Å²) in [6, 6.07) is 0. The van der Waals surface area contributed by atoms with E-state index in [9.17, 15) is 5.11 Å². The topological polar surface area (TPSA) is 19.9 Å². The molecule has 0 fully saturated rings. The minimum atomic E-state index is -1.65. The highest BCUT2D eigenvalue weighted by Gasteiger charge is 2.27. The molecule has 1 unspecified atom stereocenters. The first-order valence-corrected chi connectivity index (χ1v) is 3.77. The van der Waals surface area contributed by atoms with E-state index in [-0.39, 0.29) is 6.42 Å². The van der Waals surface area contributed by atoms with Crippen molar-refractivity contribution in [3.05, 3.63) is 22.2 Å². The van der Waals surface area contributed by atoms with Crippen LogP contribution < -0.4 is 0 Å². The molecule has 0 saturated heterocycles. The summed E-state index contributed by atoms with van der Waals surface area (Å²) in [5.41, 5.74) is 0. The molecule has 1 atom stereocenters. The molecule has 0 N–H and O–H groups in total. The van der Waals surface area contributed by atoms with Crippen LogP contribution in [0.15, 0.2) is 22.2 Å². The zero-order valence-corrected chi connectivity index (χ0v) is 7.17. The second-order valence-corrected chi connectivity index (χ2v) is 3.65. The summed E-state index contributed by atoms with van der Waals surface area (Å²) in [6.45, 7) is 0. The Labute approximate surface area is 73.9 Å². The molecule has 1 aliphatic carbocycles. The number of allylic oxidation sites excluding steroid dienone is 2. The molecule has 10 heavy (non-hydrogen) atoms. The molecule has 0 aliphatic heterocycles. The highest BCUT2D eigenvalue weighted by molar-refractivity contribution is 6.37. The standard InChI is InChI=1S/C6H4Cl3O/c7-4-1-5(8)3-6(9,10)2-4/h1-2H,3H2. The van der Waals surface area contributed by atoms with Crippen LogP contribution in [0.25, 0.3) is 0 Å². The van der Waals surface area contributed by atoms with E-state index in [2.05, 4.69) is 0 Å². The van der Waals surface area contributed by atoms with Crippen molar-refractivity contribution in [2.24, 2.45) is 0 Å². The maximum atomic E-state index is 11.0. The van der Waals surface area contributed by atoms with E-state index in [4.69, 9.17) is 34.8 Å². The van der Waals surface area contributed by atoms with Crippen molar-refractivity contribution in [1.29, 1.82) is 0 Å². The van der Waals surface area contributed by atoms with Gasteiger partial charge in [0, 0.05) is 16.5 Å². The second kappa shape index (κ2) is 2.74. The van der Waals surface area contributed by atoms with Gasteiger partial charge in [0.1, 0.15) is 0 Å². The second-order valence-electron chi connectivity index (χ2n) is 2.08. The van der Waals surface area contributed by atoms with E-state index >= 15 is 0 Å². The first kappa shape index (κ1) is 8.41. The fourth-order valence-corrected chi connectivity index (χ4v) is 1.80. The average molecular weight is 198 g/mol. The maximum absolute atomic E-state index is 11.0. The number of alkyl halides is 1. The molecule has 0 heterocycles. The van der Waals surface area contributed by atoms with Gasteiger partial charge in [-0.05, 0) is 12.2 Å². The van der Waals surface area contributed by atoms with Crippen molar-refractivity contribution in [3.8, 4) is 0 Å². The fourth-order valence-electron chi connectivity index (χ4n) is 0.730. The van der Waals surface area contributed by atoms with Crippen molar-refractivity contribution in [1.82, 2.24) is 0 Å². The lowest BCUT2D eigenvalue weighted by atomic mass is 10.1. The van der Waals surface area contributed by atoms with Crippen LogP contribution in [0.2, 0.25) is 0 Å². The molecule has 0 spiro atoms. The number of hydrogen-bond acceptors (Lipinski definition) is 0. The quantitative estimate of drug-likeness (QED) is 0.533. The summed E-state index contributed by atoms with van der Waals surface area (Å²) in [7, 11) is 0. The van der Waals surface area contributed by atoms with E-state index < -0.39 is 5.06 Å². The Hall–Kier alpha value is 0.310. The Morgan fingerprint density at radius 2 is 2.10 bits per heavy atom. The Balaban J connectivity index is 2.88. The van der Waals surface area contributed by atoms with Crippen LogP contribution in [-0.4, -0.2) is 5.06 Å². The first-order chi connectivity index (χ1) is 4.49. The van der Waals surface area contributed by atoms with E-state index in [1.54, 1.807) is 0 Å². The van der Waals surface area contributed by atoms with E-state index in [0.29, 0.717) is 10.1 Å². The molecule has 0 bridgehead atoms. The van der Waals surface area contributed by atoms with Crippen LogP contribution in [0.1, 0.15) is 6.42 Å². The zero-order chi connectivity index (χ0) is 7.78. The number of rotatable bonds is 0. The summed E-state index contributed by atoms with van der Waals surface area (Å²) in [6.07, 6.45) is 2.86. The third-order valence-corrected chi connectivity index (χ3v) is 1.76. The largest absolute Gasteiger partial charge is 0.207 e. The van der Waals surface area contributed by atoms with Gasteiger partial charge in [0.05, 0.1) is 0 Å². The highest BCUT2D eigenvalue weighted by atomic mass is 35.5. The molecule has 0 aromatic rings. The predicted octanol–water partition coefficient (Wildman–Crippen LogP) is 3.00. The van der Waals surface area contributed by atoms with Gasteiger partial charge in [-0.25, -0.2) is 5.11 Å². The third-order valence-electron chi connectivity index (χ3n) is 1.06. The Kier molecular flexibility index (Phi) is 2.31. The minimum Gasteiger partial charge on any atom is -0.207 e. The lowest BCUT2D eigenvalue weighted by Gasteiger charge is -2.16. The van der Waals surface area contributed by atoms with Gasteiger partial charge in [-0.1, -0.05) is 34.8 Å².